The Labute approximate surface area is 129 Å². The maximum Gasteiger partial charge on any atom is 0.137 e. The normalized spacial score (nSPS) is 12.2. The Morgan fingerprint density at radius 3 is 2.40 bits per heavy atom. The number of methoxy groups -OCH3 is 1. The summed E-state index contributed by atoms with van der Waals surface area (Å²) in [5, 5.41) is 4.63. The van der Waals surface area contributed by atoms with Crippen LogP contribution in [0.1, 0.15) is 22.7 Å². The molecule has 0 spiro atoms. The molecule has 2 rings (SSSR count). The smallest absolute Gasteiger partial charge is 0.137 e. The largest absolute Gasteiger partial charge is 0.495 e. The number of rotatable bonds is 4. The van der Waals surface area contributed by atoms with Gasteiger partial charge in [0, 0.05) is 5.02 Å². The summed E-state index contributed by atoms with van der Waals surface area (Å²) in [4.78, 5) is 0. The van der Waals surface area contributed by atoms with Crippen molar-refractivity contribution in [3.05, 3.63) is 63.1 Å². The summed E-state index contributed by atoms with van der Waals surface area (Å²) >= 11 is 12.4. The predicted molar refractivity (Wildman–Crippen MR) is 85.1 cm³/mol. The highest BCUT2D eigenvalue weighted by atomic mass is 35.5. The SMILES string of the molecule is CNC(c1ccc(Cl)c(OC)c1)c1ccc(C)cc1Cl. The van der Waals surface area contributed by atoms with Crippen molar-refractivity contribution in [2.24, 2.45) is 0 Å². The van der Waals surface area contributed by atoms with Crippen LogP contribution in [0.3, 0.4) is 0 Å². The van der Waals surface area contributed by atoms with E-state index in [1.54, 1.807) is 7.11 Å². The summed E-state index contributed by atoms with van der Waals surface area (Å²) in [6, 6.07) is 11.8. The van der Waals surface area contributed by atoms with E-state index in [0.29, 0.717) is 10.8 Å². The molecule has 0 amide bonds. The van der Waals surface area contributed by atoms with Crippen LogP contribution in [0.4, 0.5) is 0 Å². The van der Waals surface area contributed by atoms with E-state index < -0.39 is 0 Å². The average Bonchev–Trinajstić information content (AvgIpc) is 2.43. The molecule has 1 N–H and O–H groups in total. The lowest BCUT2D eigenvalue weighted by Gasteiger charge is -2.20. The quantitative estimate of drug-likeness (QED) is 0.890. The van der Waals surface area contributed by atoms with Crippen molar-refractivity contribution in [2.75, 3.05) is 14.2 Å². The van der Waals surface area contributed by atoms with E-state index in [2.05, 4.69) is 11.4 Å². The number of benzene rings is 2. The summed E-state index contributed by atoms with van der Waals surface area (Å²) in [5.74, 6) is 0.660. The molecule has 2 aromatic carbocycles. The van der Waals surface area contributed by atoms with E-state index >= 15 is 0 Å². The molecule has 0 radical (unpaired) electrons. The van der Waals surface area contributed by atoms with Crippen molar-refractivity contribution in [3.8, 4) is 5.75 Å². The standard InChI is InChI=1S/C16H17Cl2NO/c1-10-4-6-12(14(18)8-10)16(19-2)11-5-7-13(17)15(9-11)20-3/h4-9,16,19H,1-3H3. The molecule has 20 heavy (non-hydrogen) atoms. The van der Waals surface area contributed by atoms with Gasteiger partial charge in [-0.1, -0.05) is 41.4 Å². The van der Waals surface area contributed by atoms with Crippen LogP contribution in [-0.2, 0) is 0 Å². The highest BCUT2D eigenvalue weighted by Crippen LogP contribution is 2.33. The van der Waals surface area contributed by atoms with Crippen LogP contribution >= 0.6 is 23.2 Å². The second-order valence-corrected chi connectivity index (χ2v) is 5.46. The van der Waals surface area contributed by atoms with Crippen LogP contribution in [0, 0.1) is 6.92 Å². The lowest BCUT2D eigenvalue weighted by molar-refractivity contribution is 0.414. The first kappa shape index (κ1) is 15.2. The Morgan fingerprint density at radius 2 is 1.80 bits per heavy atom. The maximum absolute atomic E-state index is 6.36. The molecule has 4 heteroatoms. The Kier molecular flexibility index (Phi) is 4.92. The third-order valence-electron chi connectivity index (χ3n) is 3.26. The van der Waals surface area contributed by atoms with Crippen molar-refractivity contribution >= 4 is 23.2 Å². The van der Waals surface area contributed by atoms with Crippen LogP contribution in [0.2, 0.25) is 10.0 Å². The monoisotopic (exact) mass is 309 g/mol. The lowest BCUT2D eigenvalue weighted by atomic mass is 9.97. The van der Waals surface area contributed by atoms with Crippen LogP contribution in [0.15, 0.2) is 36.4 Å². The summed E-state index contributed by atoms with van der Waals surface area (Å²) in [5.41, 5.74) is 3.23. The summed E-state index contributed by atoms with van der Waals surface area (Å²) in [6.07, 6.45) is 0. The molecule has 0 heterocycles. The second kappa shape index (κ2) is 6.49. The summed E-state index contributed by atoms with van der Waals surface area (Å²) in [7, 11) is 3.51. The van der Waals surface area contributed by atoms with Crippen molar-refractivity contribution in [2.45, 2.75) is 13.0 Å². The molecular weight excluding hydrogens is 293 g/mol. The molecule has 0 aliphatic heterocycles. The maximum atomic E-state index is 6.36. The van der Waals surface area contributed by atoms with E-state index in [9.17, 15) is 0 Å². The van der Waals surface area contributed by atoms with E-state index in [0.717, 1.165) is 21.7 Å². The molecule has 1 unspecified atom stereocenters. The van der Waals surface area contributed by atoms with Gasteiger partial charge in [0.05, 0.1) is 18.2 Å². The lowest BCUT2D eigenvalue weighted by Crippen LogP contribution is -2.18. The zero-order valence-electron chi connectivity index (χ0n) is 11.7. The highest BCUT2D eigenvalue weighted by Gasteiger charge is 2.16. The van der Waals surface area contributed by atoms with Crippen LogP contribution in [0.5, 0.6) is 5.75 Å². The molecular formula is C16H17Cl2NO. The minimum absolute atomic E-state index is 0.00531. The first-order valence-electron chi connectivity index (χ1n) is 6.33. The predicted octanol–water partition coefficient (Wildman–Crippen LogP) is 4.62. The molecule has 0 aromatic heterocycles. The van der Waals surface area contributed by atoms with Gasteiger partial charge in [0.15, 0.2) is 0 Å². The Bertz CT molecular complexity index is 613. The number of hydrogen-bond donors (Lipinski definition) is 1. The zero-order valence-corrected chi connectivity index (χ0v) is 13.2. The first-order chi connectivity index (χ1) is 9.56. The van der Waals surface area contributed by atoms with Gasteiger partial charge in [0.2, 0.25) is 0 Å². The summed E-state index contributed by atoms with van der Waals surface area (Å²) < 4.78 is 5.27. The Hall–Kier alpha value is -1.22. The second-order valence-electron chi connectivity index (χ2n) is 4.64. The molecule has 106 valence electrons. The van der Waals surface area contributed by atoms with Crippen molar-refractivity contribution in [3.63, 3.8) is 0 Å². The molecule has 0 saturated carbocycles. The fourth-order valence-corrected chi connectivity index (χ4v) is 2.76. The molecule has 0 bridgehead atoms. The number of hydrogen-bond acceptors (Lipinski definition) is 2. The van der Waals surface area contributed by atoms with Gasteiger partial charge in [-0.25, -0.2) is 0 Å². The molecule has 0 aliphatic rings. The molecule has 2 nitrogen and oxygen atoms in total. The minimum Gasteiger partial charge on any atom is -0.495 e. The number of ether oxygens (including phenoxy) is 1. The van der Waals surface area contributed by atoms with E-state index in [1.165, 1.54) is 0 Å². The first-order valence-corrected chi connectivity index (χ1v) is 7.09. The summed E-state index contributed by atoms with van der Waals surface area (Å²) in [6.45, 7) is 2.02. The number of aryl methyl sites for hydroxylation is 1. The van der Waals surface area contributed by atoms with Crippen molar-refractivity contribution in [1.82, 2.24) is 5.32 Å². The zero-order chi connectivity index (χ0) is 14.7. The van der Waals surface area contributed by atoms with Gasteiger partial charge in [-0.3, -0.25) is 0 Å². The number of nitrogens with one attached hydrogen (secondary N) is 1. The van der Waals surface area contributed by atoms with Gasteiger partial charge >= 0.3 is 0 Å². The highest BCUT2D eigenvalue weighted by molar-refractivity contribution is 6.32. The Balaban J connectivity index is 2.46. The molecule has 0 aliphatic carbocycles. The van der Waals surface area contributed by atoms with Crippen molar-refractivity contribution < 1.29 is 4.74 Å². The minimum atomic E-state index is -0.00531. The molecule has 0 fully saturated rings. The molecule has 1 atom stereocenters. The third-order valence-corrected chi connectivity index (χ3v) is 3.90. The van der Waals surface area contributed by atoms with E-state index in [1.807, 2.05) is 44.3 Å². The topological polar surface area (TPSA) is 21.3 Å². The van der Waals surface area contributed by atoms with Crippen LogP contribution in [-0.4, -0.2) is 14.2 Å². The average molecular weight is 310 g/mol. The third kappa shape index (κ3) is 3.09. The fourth-order valence-electron chi connectivity index (χ4n) is 2.22. The van der Waals surface area contributed by atoms with Crippen LogP contribution in [0.25, 0.3) is 0 Å². The van der Waals surface area contributed by atoms with E-state index in [-0.39, 0.29) is 6.04 Å². The van der Waals surface area contributed by atoms with Crippen LogP contribution < -0.4 is 10.1 Å². The van der Waals surface area contributed by atoms with Gasteiger partial charge in [-0.2, -0.15) is 0 Å². The van der Waals surface area contributed by atoms with Gasteiger partial charge in [-0.15, -0.1) is 0 Å². The van der Waals surface area contributed by atoms with E-state index in [4.69, 9.17) is 27.9 Å². The molecule has 0 saturated heterocycles. The molecule has 2 aromatic rings. The Morgan fingerprint density at radius 1 is 1.05 bits per heavy atom. The fraction of sp³-hybridized carbons (Fsp3) is 0.250. The van der Waals surface area contributed by atoms with Gasteiger partial charge in [-0.05, 0) is 48.9 Å². The number of halogens is 2. The van der Waals surface area contributed by atoms with Crippen molar-refractivity contribution in [1.29, 1.82) is 0 Å². The van der Waals surface area contributed by atoms with Gasteiger partial charge in [0.25, 0.3) is 0 Å². The van der Waals surface area contributed by atoms with Gasteiger partial charge in [0.1, 0.15) is 5.75 Å². The van der Waals surface area contributed by atoms with Gasteiger partial charge < -0.3 is 10.1 Å².